The topological polar surface area (TPSA) is 69.3 Å². The van der Waals surface area contributed by atoms with E-state index in [0.717, 1.165) is 0 Å². The highest BCUT2D eigenvalue weighted by Gasteiger charge is 2.62. The fraction of sp³-hybridized carbons (Fsp3) is 0.147. The van der Waals surface area contributed by atoms with Crippen LogP contribution in [0.15, 0.2) is 114 Å². The molecule has 4 aromatic rings. The summed E-state index contributed by atoms with van der Waals surface area (Å²) in [4.78, 5) is 32.4. The third-order valence-corrected chi connectivity index (χ3v) is 8.30. The molecule has 0 unspecified atom stereocenters. The molecule has 3 heterocycles. The summed E-state index contributed by atoms with van der Waals surface area (Å²) in [5.41, 5.74) is 1.75. The Balaban J connectivity index is 1.55. The predicted octanol–water partition coefficient (Wildman–Crippen LogP) is 6.47. The number of nitrogens with zero attached hydrogens (tertiary/aromatic N) is 4. The zero-order chi connectivity index (χ0) is 29.0. The van der Waals surface area contributed by atoms with Gasteiger partial charge in [-0.05, 0) is 73.0 Å². The molecule has 1 aromatic heterocycles. The number of carbonyl (C=O) groups excluding carboxylic acids is 2. The maximum atomic E-state index is 15.0. The van der Waals surface area contributed by atoms with E-state index in [9.17, 15) is 23.6 Å². The van der Waals surface area contributed by atoms with Crippen molar-refractivity contribution in [2.75, 3.05) is 9.80 Å². The van der Waals surface area contributed by atoms with Gasteiger partial charge in [-0.25, -0.2) is 8.78 Å². The van der Waals surface area contributed by atoms with Crippen LogP contribution in [0.4, 0.5) is 20.2 Å². The van der Waals surface area contributed by atoms with E-state index in [-0.39, 0.29) is 35.7 Å². The number of hydrogen-bond donors (Lipinski definition) is 0. The Hall–Kier alpha value is -5.29. The van der Waals surface area contributed by atoms with Gasteiger partial charge in [-0.1, -0.05) is 30.3 Å². The van der Waals surface area contributed by atoms with E-state index < -0.39 is 17.1 Å². The number of fused-ring (bicyclic) bond motifs is 3. The molecule has 0 radical (unpaired) electrons. The van der Waals surface area contributed by atoms with E-state index in [1.165, 1.54) is 24.3 Å². The first-order chi connectivity index (χ1) is 20.4. The lowest BCUT2D eigenvalue weighted by atomic mass is 9.63. The van der Waals surface area contributed by atoms with Crippen LogP contribution in [0.2, 0.25) is 0 Å². The van der Waals surface area contributed by atoms with E-state index in [4.69, 9.17) is 0 Å². The minimum Gasteiger partial charge on any atom is -0.309 e. The predicted molar refractivity (Wildman–Crippen MR) is 154 cm³/mol. The molecule has 0 saturated carbocycles. The Labute approximate surface area is 241 Å². The molecule has 0 fully saturated rings. The SMILES string of the molecule is N#CC1=C(n2cccc2)N(c2ccc(F)cc2)C2=C(C(=O)CCC2)[C@]12C(=O)N(Cc1ccc(F)cc1)c1ccccc12. The van der Waals surface area contributed by atoms with Crippen LogP contribution in [-0.4, -0.2) is 16.3 Å². The number of halogens is 2. The number of carbonyl (C=O) groups is 2. The second-order valence-corrected chi connectivity index (χ2v) is 10.6. The number of allylic oxidation sites excluding steroid dienone is 1. The van der Waals surface area contributed by atoms with Gasteiger partial charge in [0.15, 0.2) is 5.78 Å². The largest absolute Gasteiger partial charge is 0.309 e. The summed E-state index contributed by atoms with van der Waals surface area (Å²) in [5, 5.41) is 11.0. The first kappa shape index (κ1) is 25.7. The first-order valence-corrected chi connectivity index (χ1v) is 13.7. The summed E-state index contributed by atoms with van der Waals surface area (Å²) in [6, 6.07) is 25.1. The van der Waals surface area contributed by atoms with Crippen molar-refractivity contribution < 1.29 is 18.4 Å². The highest BCUT2D eigenvalue weighted by atomic mass is 19.1. The molecule has 0 N–H and O–H groups in total. The zero-order valence-electron chi connectivity index (χ0n) is 22.4. The lowest BCUT2D eigenvalue weighted by Crippen LogP contribution is -2.51. The number of anilines is 2. The van der Waals surface area contributed by atoms with E-state index in [0.29, 0.717) is 46.9 Å². The molecule has 6 nitrogen and oxygen atoms in total. The summed E-state index contributed by atoms with van der Waals surface area (Å²) in [6.45, 7) is 0.133. The number of benzene rings is 3. The van der Waals surface area contributed by atoms with E-state index in [1.807, 2.05) is 35.2 Å². The molecule has 8 heteroatoms. The van der Waals surface area contributed by atoms with Crippen molar-refractivity contribution in [2.45, 2.75) is 31.2 Å². The molecule has 1 spiro atoms. The van der Waals surface area contributed by atoms with E-state index in [1.54, 1.807) is 52.2 Å². The van der Waals surface area contributed by atoms with Crippen LogP contribution >= 0.6 is 0 Å². The van der Waals surface area contributed by atoms with E-state index in [2.05, 4.69) is 6.07 Å². The van der Waals surface area contributed by atoms with Gasteiger partial charge in [0, 0.05) is 47.0 Å². The molecule has 3 aromatic carbocycles. The lowest BCUT2D eigenvalue weighted by Gasteiger charge is -2.45. The van der Waals surface area contributed by atoms with Gasteiger partial charge < -0.3 is 9.47 Å². The van der Waals surface area contributed by atoms with Gasteiger partial charge >= 0.3 is 0 Å². The fourth-order valence-corrected chi connectivity index (χ4v) is 6.60. The summed E-state index contributed by atoms with van der Waals surface area (Å²) >= 11 is 0. The second kappa shape index (κ2) is 9.67. The van der Waals surface area contributed by atoms with Crippen LogP contribution in [-0.2, 0) is 21.5 Å². The number of rotatable bonds is 4. The average molecular weight is 559 g/mol. The van der Waals surface area contributed by atoms with Crippen molar-refractivity contribution in [3.8, 4) is 6.07 Å². The zero-order valence-corrected chi connectivity index (χ0v) is 22.4. The molecular formula is C34H24F2N4O2. The molecule has 0 saturated heterocycles. The Bertz CT molecular complexity index is 1850. The molecule has 206 valence electrons. The van der Waals surface area contributed by atoms with Crippen molar-refractivity contribution in [1.29, 1.82) is 5.26 Å². The minimum absolute atomic E-state index is 0.107. The number of aromatic nitrogens is 1. The van der Waals surface area contributed by atoms with Crippen molar-refractivity contribution in [2.24, 2.45) is 0 Å². The average Bonchev–Trinajstić information content (AvgIpc) is 3.62. The quantitative estimate of drug-likeness (QED) is 0.288. The van der Waals surface area contributed by atoms with Gasteiger partial charge in [-0.3, -0.25) is 14.5 Å². The Morgan fingerprint density at radius 1 is 0.833 bits per heavy atom. The van der Waals surface area contributed by atoms with Crippen LogP contribution in [0.5, 0.6) is 0 Å². The summed E-state index contributed by atoms with van der Waals surface area (Å²) in [6.07, 6.45) is 4.87. The smallest absolute Gasteiger partial charge is 0.248 e. The molecule has 1 atom stereocenters. The third-order valence-electron chi connectivity index (χ3n) is 8.30. The van der Waals surface area contributed by atoms with Crippen molar-refractivity contribution in [3.63, 3.8) is 0 Å². The van der Waals surface area contributed by atoms with Gasteiger partial charge in [0.2, 0.25) is 5.91 Å². The van der Waals surface area contributed by atoms with Crippen LogP contribution in [0.1, 0.15) is 30.4 Å². The molecule has 1 amide bonds. The van der Waals surface area contributed by atoms with Crippen LogP contribution in [0.25, 0.3) is 5.82 Å². The molecule has 0 bridgehead atoms. The van der Waals surface area contributed by atoms with Crippen molar-refractivity contribution >= 4 is 28.9 Å². The maximum absolute atomic E-state index is 15.0. The maximum Gasteiger partial charge on any atom is 0.248 e. The van der Waals surface area contributed by atoms with Gasteiger partial charge in [0.25, 0.3) is 0 Å². The van der Waals surface area contributed by atoms with Crippen LogP contribution < -0.4 is 9.80 Å². The van der Waals surface area contributed by atoms with Crippen LogP contribution in [0, 0.1) is 23.0 Å². The Morgan fingerprint density at radius 3 is 2.19 bits per heavy atom. The minimum atomic E-state index is -1.69. The number of nitriles is 1. The monoisotopic (exact) mass is 558 g/mol. The number of amides is 1. The summed E-state index contributed by atoms with van der Waals surface area (Å²) < 4.78 is 29.5. The highest BCUT2D eigenvalue weighted by molar-refractivity contribution is 6.22. The van der Waals surface area contributed by atoms with Gasteiger partial charge in [0.05, 0.1) is 12.1 Å². The van der Waals surface area contributed by atoms with Gasteiger partial charge in [-0.2, -0.15) is 5.26 Å². The van der Waals surface area contributed by atoms with E-state index >= 15 is 0 Å². The number of para-hydroxylation sites is 1. The molecule has 7 rings (SSSR count). The summed E-state index contributed by atoms with van der Waals surface area (Å²) in [7, 11) is 0. The standard InChI is InChI=1S/C34H24F2N4O2/c35-23-12-10-22(11-13-23)21-39-28-7-2-1-6-26(28)34(33(39)42)27(20-37)32(38-18-3-4-19-38)40(25-16-14-24(36)15-17-25)29-8-5-9-30(41)31(29)34/h1-4,6-7,10-19H,5,8-9,21H2/t34-/m1/s1. The Kier molecular flexibility index (Phi) is 5.91. The van der Waals surface area contributed by atoms with Crippen molar-refractivity contribution in [1.82, 2.24) is 4.57 Å². The number of hydrogen-bond acceptors (Lipinski definition) is 4. The van der Waals surface area contributed by atoms with Crippen molar-refractivity contribution in [3.05, 3.63) is 137 Å². The molecular weight excluding hydrogens is 534 g/mol. The lowest BCUT2D eigenvalue weighted by molar-refractivity contribution is -0.124. The number of Topliss-reactive ketones (excluding diaryl/α,β-unsaturated/α-hetero) is 1. The fourth-order valence-electron chi connectivity index (χ4n) is 6.60. The normalized spacial score (nSPS) is 19.8. The van der Waals surface area contributed by atoms with Gasteiger partial charge in [0.1, 0.15) is 28.9 Å². The van der Waals surface area contributed by atoms with Gasteiger partial charge in [-0.15, -0.1) is 0 Å². The molecule has 3 aliphatic rings. The highest BCUT2D eigenvalue weighted by Crippen LogP contribution is 2.58. The molecule has 42 heavy (non-hydrogen) atoms. The number of ketones is 1. The second-order valence-electron chi connectivity index (χ2n) is 10.6. The first-order valence-electron chi connectivity index (χ1n) is 13.7. The van der Waals surface area contributed by atoms with Crippen LogP contribution in [0.3, 0.4) is 0 Å². The molecule has 2 aliphatic heterocycles. The summed E-state index contributed by atoms with van der Waals surface area (Å²) in [5.74, 6) is -0.991. The Morgan fingerprint density at radius 2 is 1.50 bits per heavy atom. The molecule has 1 aliphatic carbocycles. The third kappa shape index (κ3) is 3.60.